The molecule has 0 heterocycles. The molecule has 1 saturated carbocycles. The Labute approximate surface area is 169 Å². The number of halogens is 1. The summed E-state index contributed by atoms with van der Waals surface area (Å²) in [7, 11) is 1.34. The van der Waals surface area contributed by atoms with Gasteiger partial charge in [-0.1, -0.05) is 41.6 Å². The number of rotatable bonds is 4. The number of hydrogen-bond acceptors (Lipinski definition) is 3. The van der Waals surface area contributed by atoms with E-state index in [0.29, 0.717) is 10.7 Å². The molecular weight excluding hydrogens is 376 g/mol. The van der Waals surface area contributed by atoms with E-state index in [4.69, 9.17) is 16.3 Å². The van der Waals surface area contributed by atoms with Crippen LogP contribution in [-0.2, 0) is 9.53 Å². The van der Waals surface area contributed by atoms with E-state index in [1.807, 2.05) is 30.3 Å². The maximum absolute atomic E-state index is 12.4. The highest BCUT2D eigenvalue weighted by atomic mass is 35.5. The van der Waals surface area contributed by atoms with Gasteiger partial charge in [-0.3, -0.25) is 4.79 Å². The summed E-state index contributed by atoms with van der Waals surface area (Å²) in [4.78, 5) is 24.0. The van der Waals surface area contributed by atoms with Gasteiger partial charge in [0.15, 0.2) is 0 Å². The van der Waals surface area contributed by atoms with E-state index in [0.717, 1.165) is 30.4 Å². The van der Waals surface area contributed by atoms with Crippen molar-refractivity contribution in [2.45, 2.75) is 31.2 Å². The van der Waals surface area contributed by atoms with Crippen LogP contribution in [0.4, 0.5) is 10.5 Å². The van der Waals surface area contributed by atoms with E-state index in [2.05, 4.69) is 22.5 Å². The molecule has 3 rings (SSSR count). The third-order valence-corrected chi connectivity index (χ3v) is 5.05. The van der Waals surface area contributed by atoms with Crippen LogP contribution < -0.4 is 10.6 Å². The van der Waals surface area contributed by atoms with Gasteiger partial charge >= 0.3 is 12.0 Å². The number of amides is 2. The number of urea groups is 1. The molecule has 0 saturated heterocycles. The van der Waals surface area contributed by atoms with Crippen LogP contribution in [0.2, 0.25) is 5.02 Å². The fraction of sp³-hybridized carbons (Fsp3) is 0.273. The van der Waals surface area contributed by atoms with Crippen LogP contribution in [0.5, 0.6) is 0 Å². The van der Waals surface area contributed by atoms with E-state index in [9.17, 15) is 9.59 Å². The molecule has 0 bridgehead atoms. The van der Waals surface area contributed by atoms with Gasteiger partial charge in [0, 0.05) is 11.1 Å². The molecule has 1 aliphatic carbocycles. The number of nitrogens with one attached hydrogen (secondary N) is 2. The van der Waals surface area contributed by atoms with Gasteiger partial charge in [-0.25, -0.2) is 4.79 Å². The fourth-order valence-electron chi connectivity index (χ4n) is 3.05. The first kappa shape index (κ1) is 19.8. The molecule has 6 heteroatoms. The lowest BCUT2D eigenvalue weighted by atomic mass is 9.74. The first-order chi connectivity index (χ1) is 13.5. The summed E-state index contributed by atoms with van der Waals surface area (Å²) in [5.41, 5.74) is 1.61. The molecule has 2 amide bonds. The highest BCUT2D eigenvalue weighted by Crippen LogP contribution is 2.35. The summed E-state index contributed by atoms with van der Waals surface area (Å²) in [6.07, 6.45) is 2.63. The largest absolute Gasteiger partial charge is 0.469 e. The zero-order chi connectivity index (χ0) is 20.0. The first-order valence-electron chi connectivity index (χ1n) is 9.02. The lowest BCUT2D eigenvalue weighted by Gasteiger charge is -2.41. The van der Waals surface area contributed by atoms with E-state index in [1.165, 1.54) is 7.11 Å². The second-order valence-corrected chi connectivity index (χ2v) is 7.18. The minimum absolute atomic E-state index is 0.165. The zero-order valence-corrected chi connectivity index (χ0v) is 16.3. The molecule has 144 valence electrons. The van der Waals surface area contributed by atoms with Gasteiger partial charge in [0.05, 0.1) is 29.8 Å². The molecule has 0 aliphatic heterocycles. The van der Waals surface area contributed by atoms with Crippen molar-refractivity contribution in [3.8, 4) is 11.8 Å². The van der Waals surface area contributed by atoms with Crippen LogP contribution in [0.25, 0.3) is 0 Å². The van der Waals surface area contributed by atoms with Gasteiger partial charge in [-0.15, -0.1) is 0 Å². The molecule has 1 aliphatic rings. The molecule has 28 heavy (non-hydrogen) atoms. The Morgan fingerprint density at radius 2 is 1.82 bits per heavy atom. The minimum Gasteiger partial charge on any atom is -0.469 e. The molecule has 2 aromatic rings. The van der Waals surface area contributed by atoms with Crippen LogP contribution in [0, 0.1) is 11.8 Å². The Morgan fingerprint density at radius 3 is 2.43 bits per heavy atom. The molecule has 2 aromatic carbocycles. The van der Waals surface area contributed by atoms with Crippen LogP contribution in [0.15, 0.2) is 48.5 Å². The summed E-state index contributed by atoms with van der Waals surface area (Å²) in [5, 5.41) is 6.03. The van der Waals surface area contributed by atoms with Crippen molar-refractivity contribution in [2.75, 3.05) is 12.4 Å². The van der Waals surface area contributed by atoms with E-state index in [-0.39, 0.29) is 12.4 Å². The molecule has 0 spiro atoms. The Balaban J connectivity index is 1.64. The van der Waals surface area contributed by atoms with Gasteiger partial charge in [-0.05, 0) is 49.6 Å². The number of ether oxygens (including phenoxy) is 1. The monoisotopic (exact) mass is 396 g/mol. The highest BCUT2D eigenvalue weighted by Gasteiger charge is 2.40. The predicted octanol–water partition coefficient (Wildman–Crippen LogP) is 4.35. The van der Waals surface area contributed by atoms with E-state index < -0.39 is 11.6 Å². The summed E-state index contributed by atoms with van der Waals surface area (Å²) < 4.78 is 4.72. The topological polar surface area (TPSA) is 67.4 Å². The number of esters is 1. The summed E-state index contributed by atoms with van der Waals surface area (Å²) in [6, 6.07) is 14.5. The molecule has 5 nitrogen and oxygen atoms in total. The number of methoxy groups -OCH3 is 1. The third kappa shape index (κ3) is 5.05. The summed E-state index contributed by atoms with van der Waals surface area (Å²) >= 11 is 6.30. The van der Waals surface area contributed by atoms with Gasteiger partial charge < -0.3 is 15.4 Å². The molecule has 1 fully saturated rings. The normalized spacial score (nSPS) is 14.1. The fourth-order valence-corrected chi connectivity index (χ4v) is 3.28. The van der Waals surface area contributed by atoms with Gasteiger partial charge in [0.2, 0.25) is 0 Å². The van der Waals surface area contributed by atoms with Crippen molar-refractivity contribution in [1.82, 2.24) is 5.32 Å². The number of carbonyl (C=O) groups excluding carboxylic acids is 2. The number of benzene rings is 2. The maximum Gasteiger partial charge on any atom is 0.319 e. The van der Waals surface area contributed by atoms with E-state index >= 15 is 0 Å². The summed E-state index contributed by atoms with van der Waals surface area (Å²) in [6.45, 7) is 0. The molecule has 0 atom stereocenters. The zero-order valence-electron chi connectivity index (χ0n) is 15.5. The smallest absolute Gasteiger partial charge is 0.319 e. The van der Waals surface area contributed by atoms with Crippen molar-refractivity contribution in [1.29, 1.82) is 0 Å². The third-order valence-electron chi connectivity index (χ3n) is 4.74. The summed E-state index contributed by atoms with van der Waals surface area (Å²) in [5.74, 6) is 5.79. The standard InChI is InChI=1S/C22H21ClN2O3/c1-28-20(26)15-22(12-5-13-22)25-21(27)24-19-11-10-17(14-18(19)23)9-8-16-6-3-2-4-7-16/h2-4,6-7,10-11,14H,5,12-13,15H2,1H3,(H2,24,25,27). The predicted molar refractivity (Wildman–Crippen MR) is 109 cm³/mol. The van der Waals surface area contributed by atoms with Crippen LogP contribution in [0.3, 0.4) is 0 Å². The quantitative estimate of drug-likeness (QED) is 0.596. The molecule has 0 aromatic heterocycles. The Bertz CT molecular complexity index is 928. The Hall–Kier alpha value is -2.97. The van der Waals surface area contributed by atoms with Gasteiger partial charge in [-0.2, -0.15) is 0 Å². The van der Waals surface area contributed by atoms with Gasteiger partial charge in [0.1, 0.15) is 0 Å². The maximum atomic E-state index is 12.4. The molecule has 2 N–H and O–H groups in total. The average molecular weight is 397 g/mol. The average Bonchev–Trinajstić information content (AvgIpc) is 2.67. The SMILES string of the molecule is COC(=O)CC1(NC(=O)Nc2ccc(C#Cc3ccccc3)cc2Cl)CCC1. The lowest BCUT2D eigenvalue weighted by Crippen LogP contribution is -2.55. The van der Waals surface area contributed by atoms with Gasteiger partial charge in [0.25, 0.3) is 0 Å². The highest BCUT2D eigenvalue weighted by molar-refractivity contribution is 6.33. The van der Waals surface area contributed by atoms with Crippen molar-refractivity contribution in [3.63, 3.8) is 0 Å². The Morgan fingerprint density at radius 1 is 1.11 bits per heavy atom. The van der Waals surface area contributed by atoms with Crippen molar-refractivity contribution in [2.24, 2.45) is 0 Å². The van der Waals surface area contributed by atoms with E-state index in [1.54, 1.807) is 18.2 Å². The lowest BCUT2D eigenvalue weighted by molar-refractivity contribution is -0.143. The second-order valence-electron chi connectivity index (χ2n) is 6.78. The van der Waals surface area contributed by atoms with Crippen LogP contribution in [-0.4, -0.2) is 24.6 Å². The molecule has 0 unspecified atom stereocenters. The first-order valence-corrected chi connectivity index (χ1v) is 9.40. The van der Waals surface area contributed by atoms with Crippen LogP contribution >= 0.6 is 11.6 Å². The molecule has 0 radical (unpaired) electrons. The Kier molecular flexibility index (Phi) is 6.23. The molecular formula is C22H21ClN2O3. The van der Waals surface area contributed by atoms with Crippen molar-refractivity contribution in [3.05, 3.63) is 64.7 Å². The number of carbonyl (C=O) groups is 2. The number of hydrogen-bond donors (Lipinski definition) is 2. The van der Waals surface area contributed by atoms with Crippen molar-refractivity contribution < 1.29 is 14.3 Å². The van der Waals surface area contributed by atoms with Crippen LogP contribution in [0.1, 0.15) is 36.8 Å². The number of anilines is 1. The van der Waals surface area contributed by atoms with Crippen molar-refractivity contribution >= 4 is 29.3 Å². The second kappa shape index (κ2) is 8.81. The minimum atomic E-state index is -0.537.